The number of halogens is 1. The maximum Gasteiger partial charge on any atom is 0.258 e. The number of nitrogens with zero attached hydrogens (tertiary/aromatic N) is 2. The standard InChI is InChI=1S/C35H36FN3O3/c1-35(2,3)37-33(41)30(22-24-10-5-4-6-11-24)39(23-25-17-19-27(36)20-18-25)31(40)16-9-21-38-29-15-8-13-26-12-7-14-28(32(26)29)34(38)42/h4-8,10-15,17-20,30H,9,16,21-23H2,1-3H3,(H,37,41)/t30-/m0/s1. The normalized spacial score (nSPS) is 13.3. The molecule has 0 saturated carbocycles. The van der Waals surface area contributed by atoms with Crippen LogP contribution in [0, 0.1) is 5.82 Å². The lowest BCUT2D eigenvalue weighted by atomic mass is 10.00. The molecular formula is C35H36FN3O3. The van der Waals surface area contributed by atoms with Gasteiger partial charge in [-0.15, -0.1) is 0 Å². The quantitative estimate of drug-likeness (QED) is 0.246. The third-order valence-electron chi connectivity index (χ3n) is 7.46. The molecule has 1 atom stereocenters. The number of hydrogen-bond donors (Lipinski definition) is 1. The maximum absolute atomic E-state index is 13.9. The van der Waals surface area contributed by atoms with Gasteiger partial charge in [0.25, 0.3) is 5.91 Å². The molecule has 0 radical (unpaired) electrons. The largest absolute Gasteiger partial charge is 0.350 e. The van der Waals surface area contributed by atoms with Gasteiger partial charge in [0.2, 0.25) is 11.8 Å². The second kappa shape index (κ2) is 12.1. The first-order valence-corrected chi connectivity index (χ1v) is 14.3. The van der Waals surface area contributed by atoms with Crippen LogP contribution >= 0.6 is 0 Å². The van der Waals surface area contributed by atoms with Crippen LogP contribution < -0.4 is 10.2 Å². The first-order valence-electron chi connectivity index (χ1n) is 14.3. The van der Waals surface area contributed by atoms with Gasteiger partial charge in [0.1, 0.15) is 11.9 Å². The Hall–Kier alpha value is -4.52. The van der Waals surface area contributed by atoms with E-state index in [-0.39, 0.29) is 36.5 Å². The lowest BCUT2D eigenvalue weighted by Crippen LogP contribution is -2.54. The van der Waals surface area contributed by atoms with E-state index in [4.69, 9.17) is 0 Å². The number of benzene rings is 4. The molecule has 1 aliphatic heterocycles. The number of amides is 3. The van der Waals surface area contributed by atoms with Crippen molar-refractivity contribution in [3.63, 3.8) is 0 Å². The average molecular weight is 566 g/mol. The van der Waals surface area contributed by atoms with Gasteiger partial charge in [0.05, 0.1) is 5.69 Å². The minimum absolute atomic E-state index is 0.0658. The van der Waals surface area contributed by atoms with Crippen LogP contribution in [-0.4, -0.2) is 40.7 Å². The molecule has 1 N–H and O–H groups in total. The van der Waals surface area contributed by atoms with Crippen molar-refractivity contribution >= 4 is 34.2 Å². The van der Waals surface area contributed by atoms with Gasteiger partial charge in [-0.2, -0.15) is 0 Å². The Balaban J connectivity index is 1.38. The second-order valence-electron chi connectivity index (χ2n) is 11.8. The Morgan fingerprint density at radius 3 is 2.26 bits per heavy atom. The summed E-state index contributed by atoms with van der Waals surface area (Å²) in [6.07, 6.45) is 0.900. The van der Waals surface area contributed by atoms with Gasteiger partial charge in [-0.05, 0) is 68.0 Å². The van der Waals surface area contributed by atoms with Crippen LogP contribution in [0.4, 0.5) is 10.1 Å². The summed E-state index contributed by atoms with van der Waals surface area (Å²) in [5.74, 6) is -0.886. The maximum atomic E-state index is 13.9. The zero-order chi connectivity index (χ0) is 29.9. The molecule has 0 fully saturated rings. The third kappa shape index (κ3) is 6.51. The van der Waals surface area contributed by atoms with Crippen LogP contribution in [0.2, 0.25) is 0 Å². The van der Waals surface area contributed by atoms with Crippen LogP contribution in [0.3, 0.4) is 0 Å². The van der Waals surface area contributed by atoms with Gasteiger partial charge >= 0.3 is 0 Å². The Morgan fingerprint density at radius 2 is 1.57 bits per heavy atom. The molecule has 0 aromatic heterocycles. The summed E-state index contributed by atoms with van der Waals surface area (Å²) in [5, 5.41) is 5.00. The highest BCUT2D eigenvalue weighted by Gasteiger charge is 2.33. The van der Waals surface area contributed by atoms with Crippen molar-refractivity contribution in [3.05, 3.63) is 114 Å². The molecular weight excluding hydrogens is 529 g/mol. The topological polar surface area (TPSA) is 69.7 Å². The summed E-state index contributed by atoms with van der Waals surface area (Å²) in [4.78, 5) is 44.2. The number of hydrogen-bond acceptors (Lipinski definition) is 3. The van der Waals surface area contributed by atoms with E-state index in [0.717, 1.165) is 27.6 Å². The van der Waals surface area contributed by atoms with Crippen molar-refractivity contribution in [2.24, 2.45) is 0 Å². The second-order valence-corrected chi connectivity index (χ2v) is 11.8. The van der Waals surface area contributed by atoms with E-state index in [0.29, 0.717) is 24.9 Å². The number of carbonyl (C=O) groups excluding carboxylic acids is 3. The molecule has 0 spiro atoms. The zero-order valence-corrected chi connectivity index (χ0v) is 24.3. The molecule has 0 unspecified atom stereocenters. The molecule has 0 aliphatic carbocycles. The average Bonchev–Trinajstić information content (AvgIpc) is 3.23. The highest BCUT2D eigenvalue weighted by atomic mass is 19.1. The van der Waals surface area contributed by atoms with Crippen LogP contribution in [0.25, 0.3) is 10.8 Å². The molecule has 1 heterocycles. The Bertz CT molecular complexity index is 1590. The number of rotatable bonds is 10. The lowest BCUT2D eigenvalue weighted by molar-refractivity contribution is -0.142. The fourth-order valence-electron chi connectivity index (χ4n) is 5.53. The van der Waals surface area contributed by atoms with E-state index in [2.05, 4.69) is 5.32 Å². The Kier molecular flexibility index (Phi) is 8.39. The van der Waals surface area contributed by atoms with Gasteiger partial charge in [-0.25, -0.2) is 4.39 Å². The first-order chi connectivity index (χ1) is 20.1. The molecule has 4 aromatic carbocycles. The Labute approximate surface area is 246 Å². The summed E-state index contributed by atoms with van der Waals surface area (Å²) in [7, 11) is 0. The van der Waals surface area contributed by atoms with Crippen molar-refractivity contribution in [3.8, 4) is 0 Å². The molecule has 0 bridgehead atoms. The number of carbonyl (C=O) groups is 3. The van der Waals surface area contributed by atoms with Crippen molar-refractivity contribution in [1.82, 2.24) is 10.2 Å². The fraction of sp³-hybridized carbons (Fsp3) is 0.286. The molecule has 5 rings (SSSR count). The molecule has 3 amide bonds. The van der Waals surface area contributed by atoms with E-state index in [1.807, 2.05) is 87.5 Å². The zero-order valence-electron chi connectivity index (χ0n) is 24.3. The molecule has 6 nitrogen and oxygen atoms in total. The van der Waals surface area contributed by atoms with Crippen molar-refractivity contribution in [1.29, 1.82) is 0 Å². The smallest absolute Gasteiger partial charge is 0.258 e. The summed E-state index contributed by atoms with van der Waals surface area (Å²) in [5.41, 5.74) is 2.69. The van der Waals surface area contributed by atoms with E-state index < -0.39 is 11.6 Å². The van der Waals surface area contributed by atoms with E-state index in [9.17, 15) is 18.8 Å². The van der Waals surface area contributed by atoms with Gasteiger partial charge < -0.3 is 15.1 Å². The van der Waals surface area contributed by atoms with Crippen molar-refractivity contribution in [2.75, 3.05) is 11.4 Å². The molecule has 7 heteroatoms. The lowest BCUT2D eigenvalue weighted by Gasteiger charge is -2.34. The SMILES string of the molecule is CC(C)(C)NC(=O)[C@H](Cc1ccccc1)N(Cc1ccc(F)cc1)C(=O)CCCN1C(=O)c2cccc3cccc1c23. The van der Waals surface area contributed by atoms with Gasteiger partial charge in [0.15, 0.2) is 0 Å². The monoisotopic (exact) mass is 565 g/mol. The summed E-state index contributed by atoms with van der Waals surface area (Å²) in [6.45, 7) is 6.24. The van der Waals surface area contributed by atoms with Crippen molar-refractivity contribution in [2.45, 2.75) is 58.2 Å². The predicted octanol–water partition coefficient (Wildman–Crippen LogP) is 6.27. The van der Waals surface area contributed by atoms with E-state index >= 15 is 0 Å². The third-order valence-corrected chi connectivity index (χ3v) is 7.46. The van der Waals surface area contributed by atoms with Crippen LogP contribution in [-0.2, 0) is 22.6 Å². The minimum Gasteiger partial charge on any atom is -0.350 e. The highest BCUT2D eigenvalue weighted by Crippen LogP contribution is 2.37. The van der Waals surface area contributed by atoms with Crippen molar-refractivity contribution < 1.29 is 18.8 Å². The van der Waals surface area contributed by atoms with Crippen LogP contribution in [0.15, 0.2) is 91.0 Å². The molecule has 1 aliphatic rings. The number of anilines is 1. The molecule has 4 aromatic rings. The molecule has 42 heavy (non-hydrogen) atoms. The van der Waals surface area contributed by atoms with E-state index in [1.165, 1.54) is 12.1 Å². The van der Waals surface area contributed by atoms with Gasteiger partial charge in [-0.3, -0.25) is 14.4 Å². The predicted molar refractivity (Wildman–Crippen MR) is 164 cm³/mol. The summed E-state index contributed by atoms with van der Waals surface area (Å²) in [6, 6.07) is 26.4. The fourth-order valence-corrected chi connectivity index (χ4v) is 5.53. The minimum atomic E-state index is -0.782. The van der Waals surface area contributed by atoms with Gasteiger partial charge in [-0.1, -0.05) is 66.7 Å². The van der Waals surface area contributed by atoms with Crippen LogP contribution in [0.1, 0.15) is 55.1 Å². The molecule has 216 valence electrons. The summed E-state index contributed by atoms with van der Waals surface area (Å²) >= 11 is 0. The number of nitrogens with one attached hydrogen (secondary N) is 1. The molecule has 0 saturated heterocycles. The van der Waals surface area contributed by atoms with Crippen LogP contribution in [0.5, 0.6) is 0 Å². The van der Waals surface area contributed by atoms with Gasteiger partial charge in [0, 0.05) is 42.4 Å². The van der Waals surface area contributed by atoms with E-state index in [1.54, 1.807) is 21.9 Å². The highest BCUT2D eigenvalue weighted by molar-refractivity contribution is 6.25. The first kappa shape index (κ1) is 29.0. The Morgan fingerprint density at radius 1 is 0.881 bits per heavy atom. The summed E-state index contributed by atoms with van der Waals surface area (Å²) < 4.78 is 13.7.